The van der Waals surface area contributed by atoms with Crippen molar-refractivity contribution in [2.75, 3.05) is 0 Å². The van der Waals surface area contributed by atoms with E-state index in [2.05, 4.69) is 84.9 Å². The molecule has 1 aliphatic carbocycles. The summed E-state index contributed by atoms with van der Waals surface area (Å²) in [5, 5.41) is 13.6. The molecule has 2 aromatic carbocycles. The van der Waals surface area contributed by atoms with Crippen molar-refractivity contribution in [3.05, 3.63) is 64.2 Å². The Balaban J connectivity index is 2.34. The second-order valence-corrected chi connectivity index (χ2v) is 8.58. The molecule has 2 unspecified atom stereocenters. The molecule has 2 atom stereocenters. The lowest BCUT2D eigenvalue weighted by Crippen LogP contribution is -2.20. The van der Waals surface area contributed by atoms with E-state index in [1.165, 1.54) is 33.2 Å². The van der Waals surface area contributed by atoms with E-state index in [9.17, 15) is 5.11 Å². The van der Waals surface area contributed by atoms with Crippen molar-refractivity contribution >= 4 is 16.3 Å². The van der Waals surface area contributed by atoms with E-state index >= 15 is 0 Å². The lowest BCUT2D eigenvalue weighted by atomic mass is 9.78. The summed E-state index contributed by atoms with van der Waals surface area (Å²) in [5.41, 5.74) is 7.65. The molecule has 3 rings (SSSR count). The summed E-state index contributed by atoms with van der Waals surface area (Å²) < 4.78 is 0. The highest BCUT2D eigenvalue weighted by Gasteiger charge is 2.32. The molecule has 0 bridgehead atoms. The summed E-state index contributed by atoms with van der Waals surface area (Å²) in [5.74, 6) is 0.395. The van der Waals surface area contributed by atoms with E-state index in [1.54, 1.807) is 0 Å². The predicted octanol–water partition coefficient (Wildman–Crippen LogP) is 6.68. The molecule has 0 radical (unpaired) electrons. The van der Waals surface area contributed by atoms with Crippen LogP contribution in [0.5, 0.6) is 0 Å². The quantitative estimate of drug-likeness (QED) is 0.649. The fraction of sp³-hybridized carbons (Fsp3) is 0.417. The molecule has 0 amide bonds. The van der Waals surface area contributed by atoms with Gasteiger partial charge in [0.05, 0.1) is 6.10 Å². The molecule has 132 valence electrons. The highest BCUT2D eigenvalue weighted by Crippen LogP contribution is 2.47. The Kier molecular flexibility index (Phi) is 4.41. The topological polar surface area (TPSA) is 20.2 Å². The summed E-state index contributed by atoms with van der Waals surface area (Å²) in [6.45, 7) is 15.3. The van der Waals surface area contributed by atoms with E-state index in [0.717, 1.165) is 10.9 Å². The minimum atomic E-state index is -0.512. The number of fused-ring (bicyclic) bond motifs is 1. The molecule has 0 saturated heterocycles. The molecule has 1 heteroatoms. The molecule has 1 N–H and O–H groups in total. The lowest BCUT2D eigenvalue weighted by molar-refractivity contribution is 0.0637. The third kappa shape index (κ3) is 2.85. The first-order valence-corrected chi connectivity index (χ1v) is 9.23. The smallest absolute Gasteiger partial charge is 0.0850 e. The van der Waals surface area contributed by atoms with E-state index in [-0.39, 0.29) is 5.41 Å². The fourth-order valence-electron chi connectivity index (χ4n) is 4.06. The van der Waals surface area contributed by atoms with Gasteiger partial charge in [0.2, 0.25) is 0 Å². The van der Waals surface area contributed by atoms with Gasteiger partial charge in [-0.15, -0.1) is 0 Å². The van der Waals surface area contributed by atoms with Gasteiger partial charge in [-0.2, -0.15) is 0 Å². The summed E-state index contributed by atoms with van der Waals surface area (Å²) in [6, 6.07) is 12.8. The first kappa shape index (κ1) is 17.9. The van der Waals surface area contributed by atoms with Gasteiger partial charge >= 0.3 is 0 Å². The summed E-state index contributed by atoms with van der Waals surface area (Å²) in [6.07, 6.45) is -0.512. The zero-order chi connectivity index (χ0) is 18.5. The molecule has 0 saturated carbocycles. The molecule has 0 fully saturated rings. The second kappa shape index (κ2) is 6.14. The predicted molar refractivity (Wildman–Crippen MR) is 108 cm³/mol. The molecule has 0 aliphatic heterocycles. The molecule has 0 spiro atoms. The van der Waals surface area contributed by atoms with Crippen LogP contribution in [0.3, 0.4) is 0 Å². The Hall–Kier alpha value is -1.86. The third-order valence-corrected chi connectivity index (χ3v) is 6.00. The first-order valence-electron chi connectivity index (χ1n) is 9.23. The van der Waals surface area contributed by atoms with Crippen molar-refractivity contribution < 1.29 is 5.11 Å². The van der Waals surface area contributed by atoms with Crippen molar-refractivity contribution in [3.8, 4) is 0 Å². The largest absolute Gasteiger partial charge is 0.388 e. The highest BCUT2D eigenvalue weighted by molar-refractivity contribution is 5.93. The van der Waals surface area contributed by atoms with Gasteiger partial charge in [-0.1, -0.05) is 69.7 Å². The second-order valence-electron chi connectivity index (χ2n) is 8.58. The Bertz CT molecular complexity index is 890. The zero-order valence-corrected chi connectivity index (χ0v) is 16.6. The number of aliphatic hydroxyl groups is 1. The van der Waals surface area contributed by atoms with Gasteiger partial charge in [0.25, 0.3) is 0 Å². The van der Waals surface area contributed by atoms with Crippen LogP contribution in [-0.4, -0.2) is 5.11 Å². The normalized spacial score (nSPS) is 19.9. The SMILES string of the molecule is CC1=C(C)C(C)C(c2ccc3ccccc3c2C(O)C(C)(C)C)=C1C. The van der Waals surface area contributed by atoms with Crippen LogP contribution >= 0.6 is 0 Å². The van der Waals surface area contributed by atoms with Gasteiger partial charge in [-0.3, -0.25) is 0 Å². The zero-order valence-electron chi connectivity index (χ0n) is 16.6. The molecule has 1 nitrogen and oxygen atoms in total. The number of allylic oxidation sites excluding steroid dienone is 4. The van der Waals surface area contributed by atoms with Gasteiger partial charge in [-0.25, -0.2) is 0 Å². The number of aliphatic hydroxyl groups excluding tert-OH is 1. The maximum absolute atomic E-state index is 11.3. The van der Waals surface area contributed by atoms with E-state index in [0.29, 0.717) is 5.92 Å². The van der Waals surface area contributed by atoms with Gasteiger partial charge in [0, 0.05) is 5.92 Å². The van der Waals surface area contributed by atoms with Crippen molar-refractivity contribution in [3.63, 3.8) is 0 Å². The van der Waals surface area contributed by atoms with Crippen LogP contribution in [-0.2, 0) is 0 Å². The third-order valence-electron chi connectivity index (χ3n) is 6.00. The average molecular weight is 335 g/mol. The minimum absolute atomic E-state index is 0.216. The molecule has 0 heterocycles. The van der Waals surface area contributed by atoms with Crippen molar-refractivity contribution in [1.82, 2.24) is 0 Å². The van der Waals surface area contributed by atoms with Crippen LogP contribution in [0, 0.1) is 11.3 Å². The maximum Gasteiger partial charge on any atom is 0.0850 e. The van der Waals surface area contributed by atoms with Gasteiger partial charge in [-0.05, 0) is 64.8 Å². The fourth-order valence-corrected chi connectivity index (χ4v) is 4.06. The monoisotopic (exact) mass is 334 g/mol. The Labute approximate surface area is 152 Å². The molecule has 0 aromatic heterocycles. The van der Waals surface area contributed by atoms with Crippen molar-refractivity contribution in [2.24, 2.45) is 11.3 Å². The lowest BCUT2D eigenvalue weighted by Gasteiger charge is -2.30. The Morgan fingerprint density at radius 2 is 1.56 bits per heavy atom. The summed E-state index contributed by atoms with van der Waals surface area (Å²) in [4.78, 5) is 0. The molecular weight excluding hydrogens is 304 g/mol. The van der Waals surface area contributed by atoms with Gasteiger partial charge in [0.15, 0.2) is 0 Å². The van der Waals surface area contributed by atoms with E-state index in [1.807, 2.05) is 0 Å². The Morgan fingerprint density at radius 3 is 2.12 bits per heavy atom. The van der Waals surface area contributed by atoms with Crippen molar-refractivity contribution in [2.45, 2.75) is 54.6 Å². The van der Waals surface area contributed by atoms with Gasteiger partial charge < -0.3 is 5.11 Å². The molecule has 1 aliphatic rings. The summed E-state index contributed by atoms with van der Waals surface area (Å²) in [7, 11) is 0. The Morgan fingerprint density at radius 1 is 0.920 bits per heavy atom. The summed E-state index contributed by atoms with van der Waals surface area (Å²) >= 11 is 0. The van der Waals surface area contributed by atoms with Crippen LogP contribution in [0.4, 0.5) is 0 Å². The maximum atomic E-state index is 11.3. The standard InChI is InChI=1S/C24H30O/c1-14-15(2)17(4)21(16(14)3)20-13-12-18-10-8-9-11-19(18)22(20)23(25)24(5,6)7/h8-13,16,23,25H,1-7H3. The molecule has 2 aromatic rings. The average Bonchev–Trinajstić information content (AvgIpc) is 2.76. The first-order chi connectivity index (χ1) is 11.6. The number of rotatable bonds is 2. The van der Waals surface area contributed by atoms with E-state index < -0.39 is 6.10 Å². The minimum Gasteiger partial charge on any atom is -0.388 e. The van der Waals surface area contributed by atoms with Crippen LogP contribution < -0.4 is 0 Å². The van der Waals surface area contributed by atoms with Crippen LogP contribution in [0.1, 0.15) is 65.7 Å². The van der Waals surface area contributed by atoms with Crippen LogP contribution in [0.25, 0.3) is 16.3 Å². The van der Waals surface area contributed by atoms with E-state index in [4.69, 9.17) is 0 Å². The number of hydrogen-bond acceptors (Lipinski definition) is 1. The molecule has 25 heavy (non-hydrogen) atoms. The van der Waals surface area contributed by atoms with Gasteiger partial charge in [0.1, 0.15) is 0 Å². The molecular formula is C24H30O. The van der Waals surface area contributed by atoms with Crippen molar-refractivity contribution in [1.29, 1.82) is 0 Å². The number of benzene rings is 2. The highest BCUT2D eigenvalue weighted by atomic mass is 16.3. The van der Waals surface area contributed by atoms with Crippen LogP contribution in [0.2, 0.25) is 0 Å². The van der Waals surface area contributed by atoms with Crippen LogP contribution in [0.15, 0.2) is 53.1 Å². The number of hydrogen-bond donors (Lipinski definition) is 1.